The Morgan fingerprint density at radius 2 is 1.65 bits per heavy atom. The normalized spacial score (nSPS) is 11.8. The van der Waals surface area contributed by atoms with Crippen LogP contribution in [-0.2, 0) is 5.41 Å². The summed E-state index contributed by atoms with van der Waals surface area (Å²) in [5.41, 5.74) is 5.08. The molecule has 0 saturated carbocycles. The Kier molecular flexibility index (Phi) is 3.06. The van der Waals surface area contributed by atoms with Crippen LogP contribution in [-0.4, -0.2) is 4.98 Å². The Balaban J connectivity index is 2.21. The summed E-state index contributed by atoms with van der Waals surface area (Å²) in [5.74, 6) is 0. The predicted octanol–water partition coefficient (Wildman–Crippen LogP) is 5.20. The van der Waals surface area contributed by atoms with E-state index in [1.165, 1.54) is 22.1 Å². The van der Waals surface area contributed by atoms with Crippen LogP contribution in [0.15, 0.2) is 60.8 Å². The first kappa shape index (κ1) is 12.9. The molecule has 0 aliphatic carbocycles. The molecule has 20 heavy (non-hydrogen) atoms. The van der Waals surface area contributed by atoms with E-state index in [1.807, 2.05) is 12.3 Å². The van der Waals surface area contributed by atoms with Gasteiger partial charge in [-0.25, -0.2) is 0 Å². The standard InChI is InChI=1S/C19H19N/c1-19(2,3)15-8-4-7-14(13-15)16-9-5-11-18-17(16)10-6-12-20-18/h4-13H,1-3H3. The number of aromatic nitrogens is 1. The van der Waals surface area contributed by atoms with Crippen LogP contribution in [0, 0.1) is 0 Å². The van der Waals surface area contributed by atoms with Gasteiger partial charge in [-0.2, -0.15) is 0 Å². The highest BCUT2D eigenvalue weighted by Gasteiger charge is 2.14. The van der Waals surface area contributed by atoms with Crippen molar-refractivity contribution in [1.29, 1.82) is 0 Å². The molecule has 0 fully saturated rings. The van der Waals surface area contributed by atoms with Gasteiger partial charge in [-0.3, -0.25) is 4.98 Å². The van der Waals surface area contributed by atoms with Crippen molar-refractivity contribution in [3.8, 4) is 11.1 Å². The predicted molar refractivity (Wildman–Crippen MR) is 85.9 cm³/mol. The summed E-state index contributed by atoms with van der Waals surface area (Å²) in [6.07, 6.45) is 1.84. The number of nitrogens with zero attached hydrogens (tertiary/aromatic N) is 1. The van der Waals surface area contributed by atoms with Crippen LogP contribution in [0.5, 0.6) is 0 Å². The molecule has 0 saturated heterocycles. The summed E-state index contributed by atoms with van der Waals surface area (Å²) in [5, 5.41) is 1.21. The fourth-order valence-corrected chi connectivity index (χ4v) is 2.51. The molecule has 1 heterocycles. The molecule has 1 aromatic heterocycles. The van der Waals surface area contributed by atoms with Crippen molar-refractivity contribution in [2.24, 2.45) is 0 Å². The molecule has 0 aliphatic rings. The first-order chi connectivity index (χ1) is 9.55. The number of hydrogen-bond acceptors (Lipinski definition) is 1. The minimum atomic E-state index is 0.166. The molecule has 3 rings (SSSR count). The SMILES string of the molecule is CC(C)(C)c1cccc(-c2cccc3ncccc23)c1. The smallest absolute Gasteiger partial charge is 0.0708 e. The summed E-state index contributed by atoms with van der Waals surface area (Å²) < 4.78 is 0. The first-order valence-electron chi connectivity index (χ1n) is 7.00. The molecule has 2 aromatic carbocycles. The van der Waals surface area contributed by atoms with Crippen molar-refractivity contribution in [2.75, 3.05) is 0 Å². The third-order valence-corrected chi connectivity index (χ3v) is 3.69. The summed E-state index contributed by atoms with van der Waals surface area (Å²) in [4.78, 5) is 4.44. The second kappa shape index (κ2) is 4.75. The van der Waals surface area contributed by atoms with E-state index in [1.54, 1.807) is 0 Å². The van der Waals surface area contributed by atoms with Gasteiger partial charge >= 0.3 is 0 Å². The van der Waals surface area contributed by atoms with Crippen molar-refractivity contribution >= 4 is 10.9 Å². The second-order valence-corrected chi connectivity index (χ2v) is 6.21. The quantitative estimate of drug-likeness (QED) is 0.586. The van der Waals surface area contributed by atoms with Crippen molar-refractivity contribution < 1.29 is 0 Å². The van der Waals surface area contributed by atoms with E-state index in [0.29, 0.717) is 0 Å². The molecule has 0 N–H and O–H groups in total. The van der Waals surface area contributed by atoms with Gasteiger partial charge in [-0.1, -0.05) is 63.2 Å². The van der Waals surface area contributed by atoms with Crippen LogP contribution in [0.3, 0.4) is 0 Å². The fourth-order valence-electron chi connectivity index (χ4n) is 2.51. The molecular weight excluding hydrogens is 242 g/mol. The van der Waals surface area contributed by atoms with Crippen LogP contribution >= 0.6 is 0 Å². The Hall–Kier alpha value is -2.15. The minimum absolute atomic E-state index is 0.166. The summed E-state index contributed by atoms with van der Waals surface area (Å²) >= 11 is 0. The molecule has 0 atom stereocenters. The van der Waals surface area contributed by atoms with E-state index < -0.39 is 0 Å². The van der Waals surface area contributed by atoms with Crippen LogP contribution in [0.4, 0.5) is 0 Å². The zero-order valence-corrected chi connectivity index (χ0v) is 12.2. The third-order valence-electron chi connectivity index (χ3n) is 3.69. The van der Waals surface area contributed by atoms with Gasteiger partial charge < -0.3 is 0 Å². The Morgan fingerprint density at radius 3 is 2.45 bits per heavy atom. The maximum absolute atomic E-state index is 4.44. The molecule has 1 nitrogen and oxygen atoms in total. The van der Waals surface area contributed by atoms with Crippen LogP contribution in [0.1, 0.15) is 26.3 Å². The van der Waals surface area contributed by atoms with Gasteiger partial charge in [-0.05, 0) is 34.2 Å². The van der Waals surface area contributed by atoms with Gasteiger partial charge in [0.05, 0.1) is 5.52 Å². The van der Waals surface area contributed by atoms with E-state index in [2.05, 4.69) is 74.3 Å². The second-order valence-electron chi connectivity index (χ2n) is 6.21. The molecule has 100 valence electrons. The van der Waals surface area contributed by atoms with Gasteiger partial charge in [-0.15, -0.1) is 0 Å². The third kappa shape index (κ3) is 2.32. The lowest BCUT2D eigenvalue weighted by Crippen LogP contribution is -2.10. The number of hydrogen-bond donors (Lipinski definition) is 0. The zero-order chi connectivity index (χ0) is 14.2. The highest BCUT2D eigenvalue weighted by atomic mass is 14.6. The Bertz CT molecular complexity index is 746. The zero-order valence-electron chi connectivity index (χ0n) is 12.2. The molecule has 3 aromatic rings. The molecule has 0 amide bonds. The van der Waals surface area contributed by atoms with Crippen molar-refractivity contribution in [3.05, 3.63) is 66.4 Å². The number of rotatable bonds is 1. The maximum atomic E-state index is 4.44. The molecule has 0 radical (unpaired) electrons. The number of benzene rings is 2. The molecular formula is C19H19N. The van der Waals surface area contributed by atoms with E-state index in [4.69, 9.17) is 0 Å². The summed E-state index contributed by atoms with van der Waals surface area (Å²) in [7, 11) is 0. The van der Waals surface area contributed by atoms with Gasteiger partial charge in [0.15, 0.2) is 0 Å². The first-order valence-corrected chi connectivity index (χ1v) is 7.00. The monoisotopic (exact) mass is 261 g/mol. The van der Waals surface area contributed by atoms with Gasteiger partial charge in [0.2, 0.25) is 0 Å². The average Bonchev–Trinajstić information content (AvgIpc) is 2.46. The molecule has 0 bridgehead atoms. The van der Waals surface area contributed by atoms with Crippen LogP contribution in [0.25, 0.3) is 22.0 Å². The topological polar surface area (TPSA) is 12.9 Å². The van der Waals surface area contributed by atoms with E-state index >= 15 is 0 Å². The highest BCUT2D eigenvalue weighted by molar-refractivity contribution is 5.94. The molecule has 0 aliphatic heterocycles. The lowest BCUT2D eigenvalue weighted by atomic mass is 9.85. The van der Waals surface area contributed by atoms with Crippen molar-refractivity contribution in [1.82, 2.24) is 4.98 Å². The van der Waals surface area contributed by atoms with E-state index in [0.717, 1.165) is 5.52 Å². The Labute approximate surface area is 120 Å². The molecule has 0 spiro atoms. The molecule has 1 heteroatoms. The van der Waals surface area contributed by atoms with E-state index in [-0.39, 0.29) is 5.41 Å². The molecule has 0 unspecified atom stereocenters. The largest absolute Gasteiger partial charge is 0.256 e. The Morgan fingerprint density at radius 1 is 0.850 bits per heavy atom. The highest BCUT2D eigenvalue weighted by Crippen LogP contribution is 2.31. The lowest BCUT2D eigenvalue weighted by Gasteiger charge is -2.20. The number of fused-ring (bicyclic) bond motifs is 1. The van der Waals surface area contributed by atoms with Gasteiger partial charge in [0.25, 0.3) is 0 Å². The number of pyridine rings is 1. The van der Waals surface area contributed by atoms with Gasteiger partial charge in [0, 0.05) is 11.6 Å². The van der Waals surface area contributed by atoms with Crippen LogP contribution in [0.2, 0.25) is 0 Å². The lowest BCUT2D eigenvalue weighted by molar-refractivity contribution is 0.590. The van der Waals surface area contributed by atoms with Crippen LogP contribution < -0.4 is 0 Å². The van der Waals surface area contributed by atoms with Crippen molar-refractivity contribution in [3.63, 3.8) is 0 Å². The fraction of sp³-hybridized carbons (Fsp3) is 0.211. The minimum Gasteiger partial charge on any atom is -0.256 e. The van der Waals surface area contributed by atoms with Gasteiger partial charge in [0.1, 0.15) is 0 Å². The average molecular weight is 261 g/mol. The van der Waals surface area contributed by atoms with Crippen molar-refractivity contribution in [2.45, 2.75) is 26.2 Å². The summed E-state index contributed by atoms with van der Waals surface area (Å²) in [6, 6.07) is 19.3. The van der Waals surface area contributed by atoms with E-state index in [9.17, 15) is 0 Å². The maximum Gasteiger partial charge on any atom is 0.0708 e. The summed E-state index contributed by atoms with van der Waals surface area (Å²) in [6.45, 7) is 6.74.